The Bertz CT molecular complexity index is 2930. The first kappa shape index (κ1) is 103. The minimum absolute atomic E-state index is 0.230. The van der Waals surface area contributed by atoms with E-state index in [1.807, 2.05) is 79.7 Å². The van der Waals surface area contributed by atoms with E-state index in [0.717, 1.165) is 80.9 Å². The summed E-state index contributed by atoms with van der Waals surface area (Å²) in [6, 6.07) is 24.1. The molecule has 0 bridgehead atoms. The van der Waals surface area contributed by atoms with E-state index in [2.05, 4.69) is 50.6 Å². The van der Waals surface area contributed by atoms with Crippen molar-refractivity contribution >= 4 is 17.7 Å². The highest BCUT2D eigenvalue weighted by Crippen LogP contribution is 2.40. The quantitative estimate of drug-likeness (QED) is 0.0309. The number of nitrogens with two attached hydrogens (primary N) is 1. The summed E-state index contributed by atoms with van der Waals surface area (Å²) in [7, 11) is 0. The molecule has 0 fully saturated rings. The number of aryl methyl sites for hydroxylation is 1. The van der Waals surface area contributed by atoms with Crippen molar-refractivity contribution in [3.05, 3.63) is 107 Å². The molecule has 14 heteroatoms. The van der Waals surface area contributed by atoms with E-state index in [9.17, 15) is 14.4 Å². The highest BCUT2D eigenvalue weighted by molar-refractivity contribution is 5.98. The zero-order chi connectivity index (χ0) is 83.6. The number of rotatable bonds is 83. The number of unbranched alkanes of at least 4 members (excludes halogenated alkanes) is 51. The fourth-order valence-electron chi connectivity index (χ4n) is 15.6. The van der Waals surface area contributed by atoms with Gasteiger partial charge in [0.1, 0.15) is 18.4 Å². The molecule has 2 unspecified atom stereocenters. The number of hydrogen-bond acceptors (Lipinski definition) is 11. The lowest BCUT2D eigenvalue weighted by Gasteiger charge is -2.20. The van der Waals surface area contributed by atoms with Crippen molar-refractivity contribution in [2.24, 2.45) is 5.73 Å². The number of carbonyl (C=O) groups excluding carboxylic acids is 3. The van der Waals surface area contributed by atoms with Gasteiger partial charge in [0.15, 0.2) is 23.0 Å². The second-order valence-corrected chi connectivity index (χ2v) is 33.8. The molecule has 666 valence electrons. The lowest BCUT2D eigenvalue weighted by Crippen LogP contribution is -2.47. The van der Waals surface area contributed by atoms with Crippen molar-refractivity contribution in [1.29, 1.82) is 0 Å². The minimum atomic E-state index is -0.884. The highest BCUT2D eigenvalue weighted by Gasteiger charge is 2.25. The van der Waals surface area contributed by atoms with Gasteiger partial charge in [-0.25, -0.2) is 0 Å². The first-order valence-corrected chi connectivity index (χ1v) is 49.1. The summed E-state index contributed by atoms with van der Waals surface area (Å²) in [6.45, 7) is 17.5. The van der Waals surface area contributed by atoms with Crippen molar-refractivity contribution in [1.82, 2.24) is 16.0 Å². The monoisotopic (exact) mass is 1630 g/mol. The Balaban J connectivity index is 1.51. The molecule has 4 aromatic carbocycles. The molecule has 0 spiro atoms. The first-order valence-electron chi connectivity index (χ1n) is 49.1. The minimum Gasteiger partial charge on any atom is -0.491 e. The van der Waals surface area contributed by atoms with Crippen LogP contribution in [0.25, 0.3) is 0 Å². The van der Waals surface area contributed by atoms with E-state index >= 15 is 0 Å². The number of hydrogen-bond donors (Lipinski definition) is 4. The summed E-state index contributed by atoms with van der Waals surface area (Å²) in [5, 5.41) is 9.41. The summed E-state index contributed by atoms with van der Waals surface area (Å²) < 4.78 is 45.3. The van der Waals surface area contributed by atoms with E-state index in [1.165, 1.54) is 289 Å². The zero-order valence-corrected chi connectivity index (χ0v) is 75.9. The van der Waals surface area contributed by atoms with Gasteiger partial charge in [-0.1, -0.05) is 398 Å². The van der Waals surface area contributed by atoms with Crippen LogP contribution in [0.15, 0.2) is 78.9 Å². The summed E-state index contributed by atoms with van der Waals surface area (Å²) in [5.74, 6) is 2.74. The van der Waals surface area contributed by atoms with Crippen LogP contribution in [-0.4, -0.2) is 89.7 Å². The number of amides is 3. The third-order valence-electron chi connectivity index (χ3n) is 23.1. The van der Waals surface area contributed by atoms with E-state index in [0.29, 0.717) is 118 Å². The average Bonchev–Trinajstić information content (AvgIpc) is 0.823. The maximum Gasteiger partial charge on any atom is 0.252 e. The van der Waals surface area contributed by atoms with Gasteiger partial charge in [0.05, 0.1) is 52.3 Å². The zero-order valence-electron chi connectivity index (χ0n) is 75.9. The summed E-state index contributed by atoms with van der Waals surface area (Å²) in [4.78, 5) is 43.7. The predicted octanol–water partition coefficient (Wildman–Crippen LogP) is 28.4. The Morgan fingerprint density at radius 3 is 1.03 bits per heavy atom. The van der Waals surface area contributed by atoms with E-state index in [4.69, 9.17) is 38.9 Å². The molecule has 0 heterocycles. The van der Waals surface area contributed by atoms with Crippen LogP contribution in [0.1, 0.15) is 450 Å². The van der Waals surface area contributed by atoms with Crippen molar-refractivity contribution < 1.29 is 47.5 Å². The van der Waals surface area contributed by atoms with Gasteiger partial charge in [-0.05, 0) is 111 Å². The van der Waals surface area contributed by atoms with Gasteiger partial charge in [-0.15, -0.1) is 0 Å². The Kier molecular flexibility index (Phi) is 65.3. The highest BCUT2D eigenvalue weighted by atomic mass is 16.5. The maximum atomic E-state index is 14.7. The summed E-state index contributed by atoms with van der Waals surface area (Å²) in [5.41, 5.74) is 10.3. The van der Waals surface area contributed by atoms with Crippen LogP contribution in [0.4, 0.5) is 0 Å². The Labute approximate surface area is 716 Å². The third-order valence-corrected chi connectivity index (χ3v) is 23.1. The molecular formula is C103H174N4O10. The Morgan fingerprint density at radius 1 is 0.308 bits per heavy atom. The maximum absolute atomic E-state index is 14.7. The number of nitrogens with one attached hydrogen (secondary N) is 3. The van der Waals surface area contributed by atoms with Gasteiger partial charge in [0.2, 0.25) is 11.7 Å². The molecule has 5 N–H and O–H groups in total. The van der Waals surface area contributed by atoms with Gasteiger partial charge in [0, 0.05) is 24.2 Å². The number of carbonyl (C=O) groups is 3. The summed E-state index contributed by atoms with van der Waals surface area (Å²) in [6.07, 6.45) is 70.0. The van der Waals surface area contributed by atoms with Crippen LogP contribution < -0.4 is 50.1 Å². The van der Waals surface area contributed by atoms with Crippen LogP contribution in [0.3, 0.4) is 0 Å². The molecule has 0 aromatic heterocycles. The van der Waals surface area contributed by atoms with Crippen LogP contribution in [0.5, 0.6) is 34.5 Å². The molecule has 0 saturated heterocycles. The molecule has 4 aromatic rings. The van der Waals surface area contributed by atoms with Crippen molar-refractivity contribution in [2.45, 2.75) is 426 Å². The Hall–Kier alpha value is -5.99. The Morgan fingerprint density at radius 2 is 0.641 bits per heavy atom. The SMILES string of the molecule is CCCCCCCCCCCCCOc1cc(C(=O)NC(CCCCNC(=O)c2cc(OCCCCCCCCCCCCC)c(OCCCCCCCCCCCCC)c(OCCCCCCCCCCCCC)c2)C(=O)NCCOCCOc2ccc(C(N)c3ccccc3)cc2)cc(C)c1OCCCCCCCCCCCCC. The molecular weight excluding hydrogens is 1450 g/mol. The van der Waals surface area contributed by atoms with Gasteiger partial charge >= 0.3 is 0 Å². The van der Waals surface area contributed by atoms with Gasteiger partial charge in [-0.2, -0.15) is 0 Å². The molecule has 0 aliphatic carbocycles. The van der Waals surface area contributed by atoms with Gasteiger partial charge in [0.25, 0.3) is 11.8 Å². The van der Waals surface area contributed by atoms with Crippen LogP contribution in [-0.2, 0) is 9.53 Å². The van der Waals surface area contributed by atoms with Crippen molar-refractivity contribution in [3.8, 4) is 34.5 Å². The van der Waals surface area contributed by atoms with Crippen molar-refractivity contribution in [3.63, 3.8) is 0 Å². The molecule has 0 aliphatic rings. The molecule has 2 atom stereocenters. The molecule has 0 radical (unpaired) electrons. The number of benzene rings is 4. The largest absolute Gasteiger partial charge is 0.491 e. The van der Waals surface area contributed by atoms with Crippen molar-refractivity contribution in [2.75, 3.05) is 65.9 Å². The third kappa shape index (κ3) is 52.7. The topological polar surface area (TPSA) is 178 Å². The molecule has 0 aliphatic heterocycles. The molecule has 14 nitrogen and oxygen atoms in total. The molecule has 4 rings (SSSR count). The lowest BCUT2D eigenvalue weighted by atomic mass is 10.00. The average molecular weight is 1630 g/mol. The second-order valence-electron chi connectivity index (χ2n) is 33.8. The lowest BCUT2D eigenvalue weighted by molar-refractivity contribution is -0.123. The second kappa shape index (κ2) is 73.9. The molecule has 0 saturated carbocycles. The predicted molar refractivity (Wildman–Crippen MR) is 493 cm³/mol. The van der Waals surface area contributed by atoms with Crippen LogP contribution in [0.2, 0.25) is 0 Å². The van der Waals surface area contributed by atoms with Crippen LogP contribution in [0, 0.1) is 6.92 Å². The van der Waals surface area contributed by atoms with E-state index in [1.54, 1.807) is 6.07 Å². The first-order chi connectivity index (χ1) is 57.6. The standard InChI is InChI=1S/C103H174N4O10/c1-7-12-17-22-27-32-37-42-47-52-62-76-113-95-85-91(84-88(6)99(95)116-79-65-55-50-45-40-35-30-25-20-15-10-4)102(109)107-94(103(110)106-75-81-111-82-83-112-93-72-70-90(71-73-93)98(104)89-67-58-57-59-68-89)69-60-61-74-105-101(108)92-86-96(114-77-63-53-48-43-38-33-28-23-18-13-8-2)100(117-80-66-56-51-46-41-36-31-26-21-16-11-5)97(87-92)115-78-64-54-49-44-39-34-29-24-19-14-9-3/h57-59,67-68,70-73,84-87,94,98H,7-56,60-66,69,74-83,104H2,1-6H3,(H,105,108)(H,106,110)(H,107,109). The molecule has 3 amide bonds. The van der Waals surface area contributed by atoms with Gasteiger partial charge in [-0.3, -0.25) is 14.4 Å². The fraction of sp³-hybridized carbons (Fsp3) is 0.738. The van der Waals surface area contributed by atoms with Gasteiger partial charge < -0.3 is 54.8 Å². The molecule has 117 heavy (non-hydrogen) atoms. The smallest absolute Gasteiger partial charge is 0.252 e. The fourth-order valence-corrected chi connectivity index (χ4v) is 15.6. The van der Waals surface area contributed by atoms with E-state index in [-0.39, 0.29) is 36.9 Å². The van der Waals surface area contributed by atoms with Crippen LogP contribution >= 0.6 is 0 Å². The number of ether oxygens (including phenoxy) is 7. The normalized spacial score (nSPS) is 11.9. The summed E-state index contributed by atoms with van der Waals surface area (Å²) >= 11 is 0. The van der Waals surface area contributed by atoms with E-state index < -0.39 is 6.04 Å².